The molecule has 0 radical (unpaired) electrons. The number of likely N-dealkylation sites (tertiary alicyclic amines) is 1. The van der Waals surface area contributed by atoms with Crippen molar-refractivity contribution in [2.24, 2.45) is 0 Å². The molecule has 16 heavy (non-hydrogen) atoms. The Labute approximate surface area is 93.5 Å². The third-order valence-electron chi connectivity index (χ3n) is 3.16. The largest absolute Gasteiger partial charge is 0.392 e. The molecule has 1 fully saturated rings. The standard InChI is InChI=1S/C12H15F2NO/c1-8(15-6-5-9(16)7-15)12-10(13)3-2-4-11(12)14/h2-4,8-9,16H,5-7H2,1H3/t8-,9+/m1/s1. The summed E-state index contributed by atoms with van der Waals surface area (Å²) in [4.78, 5) is 1.90. The maximum atomic E-state index is 13.5. The Balaban J connectivity index is 2.23. The highest BCUT2D eigenvalue weighted by molar-refractivity contribution is 5.23. The highest BCUT2D eigenvalue weighted by atomic mass is 19.1. The van der Waals surface area contributed by atoms with E-state index in [1.807, 2.05) is 4.90 Å². The first-order valence-electron chi connectivity index (χ1n) is 5.45. The minimum Gasteiger partial charge on any atom is -0.392 e. The number of benzene rings is 1. The summed E-state index contributed by atoms with van der Waals surface area (Å²) in [6.07, 6.45) is 0.290. The van der Waals surface area contributed by atoms with Crippen LogP contribution >= 0.6 is 0 Å². The summed E-state index contributed by atoms with van der Waals surface area (Å²) >= 11 is 0. The Morgan fingerprint density at radius 3 is 2.50 bits per heavy atom. The van der Waals surface area contributed by atoms with Crippen molar-refractivity contribution < 1.29 is 13.9 Å². The van der Waals surface area contributed by atoms with Crippen LogP contribution in [0.3, 0.4) is 0 Å². The second-order valence-electron chi connectivity index (χ2n) is 4.25. The summed E-state index contributed by atoms with van der Waals surface area (Å²) in [7, 11) is 0. The van der Waals surface area contributed by atoms with E-state index in [0.29, 0.717) is 19.5 Å². The molecule has 1 saturated heterocycles. The number of hydrogen-bond acceptors (Lipinski definition) is 2. The van der Waals surface area contributed by atoms with Crippen LogP contribution in [0.15, 0.2) is 18.2 Å². The normalized spacial score (nSPS) is 23.6. The summed E-state index contributed by atoms with van der Waals surface area (Å²) in [5.41, 5.74) is 0.0941. The van der Waals surface area contributed by atoms with Crippen LogP contribution < -0.4 is 0 Å². The number of rotatable bonds is 2. The Morgan fingerprint density at radius 2 is 2.00 bits per heavy atom. The van der Waals surface area contributed by atoms with E-state index in [0.717, 1.165) is 0 Å². The predicted molar refractivity (Wildman–Crippen MR) is 57.0 cm³/mol. The van der Waals surface area contributed by atoms with Gasteiger partial charge in [-0.1, -0.05) is 6.07 Å². The highest BCUT2D eigenvalue weighted by Crippen LogP contribution is 2.28. The van der Waals surface area contributed by atoms with Gasteiger partial charge < -0.3 is 5.11 Å². The lowest BCUT2D eigenvalue weighted by Gasteiger charge is -2.24. The van der Waals surface area contributed by atoms with Gasteiger partial charge in [-0.15, -0.1) is 0 Å². The summed E-state index contributed by atoms with van der Waals surface area (Å²) in [5, 5.41) is 9.40. The van der Waals surface area contributed by atoms with Crippen LogP contribution in [0.2, 0.25) is 0 Å². The summed E-state index contributed by atoms with van der Waals surface area (Å²) in [6.45, 7) is 2.92. The van der Waals surface area contributed by atoms with Gasteiger partial charge in [0.15, 0.2) is 0 Å². The Hall–Kier alpha value is -1.00. The first-order chi connectivity index (χ1) is 7.59. The zero-order valence-electron chi connectivity index (χ0n) is 9.16. The summed E-state index contributed by atoms with van der Waals surface area (Å²) < 4.78 is 27.0. The average molecular weight is 227 g/mol. The van der Waals surface area contributed by atoms with Gasteiger partial charge in [-0.25, -0.2) is 8.78 Å². The van der Waals surface area contributed by atoms with E-state index in [4.69, 9.17) is 0 Å². The molecule has 1 aliphatic heterocycles. The molecule has 88 valence electrons. The van der Waals surface area contributed by atoms with Crippen molar-refractivity contribution in [3.63, 3.8) is 0 Å². The van der Waals surface area contributed by atoms with E-state index < -0.39 is 11.6 Å². The quantitative estimate of drug-likeness (QED) is 0.836. The second kappa shape index (κ2) is 4.47. The molecule has 0 bridgehead atoms. The molecule has 0 aromatic heterocycles. The number of hydrogen-bond donors (Lipinski definition) is 1. The molecule has 0 spiro atoms. The lowest BCUT2D eigenvalue weighted by atomic mass is 10.1. The molecule has 2 rings (SSSR count). The van der Waals surface area contributed by atoms with E-state index in [9.17, 15) is 13.9 Å². The van der Waals surface area contributed by atoms with Crippen LogP contribution in [-0.4, -0.2) is 29.2 Å². The fourth-order valence-corrected chi connectivity index (χ4v) is 2.21. The van der Waals surface area contributed by atoms with E-state index in [2.05, 4.69) is 0 Å². The molecular formula is C12H15F2NO. The monoisotopic (exact) mass is 227 g/mol. The SMILES string of the molecule is C[C@H](c1c(F)cccc1F)N1CC[C@H](O)C1. The molecule has 4 heteroatoms. The van der Waals surface area contributed by atoms with Crippen LogP contribution in [0.25, 0.3) is 0 Å². The van der Waals surface area contributed by atoms with Gasteiger partial charge in [0.1, 0.15) is 11.6 Å². The van der Waals surface area contributed by atoms with Crippen molar-refractivity contribution in [1.82, 2.24) is 4.90 Å². The van der Waals surface area contributed by atoms with Crippen LogP contribution in [0.1, 0.15) is 24.9 Å². The molecular weight excluding hydrogens is 212 g/mol. The smallest absolute Gasteiger partial charge is 0.130 e. The van der Waals surface area contributed by atoms with Crippen molar-refractivity contribution in [3.05, 3.63) is 35.4 Å². The molecule has 1 N–H and O–H groups in total. The van der Waals surface area contributed by atoms with E-state index in [-0.39, 0.29) is 17.7 Å². The lowest BCUT2D eigenvalue weighted by molar-refractivity contribution is 0.161. The molecule has 1 aromatic rings. The van der Waals surface area contributed by atoms with Crippen LogP contribution in [0.4, 0.5) is 8.78 Å². The molecule has 1 aliphatic rings. The number of nitrogens with zero attached hydrogens (tertiary/aromatic N) is 1. The first-order valence-corrected chi connectivity index (χ1v) is 5.45. The molecule has 0 saturated carbocycles. The Morgan fingerprint density at radius 1 is 1.38 bits per heavy atom. The van der Waals surface area contributed by atoms with Crippen molar-refractivity contribution >= 4 is 0 Å². The van der Waals surface area contributed by atoms with E-state index in [1.165, 1.54) is 18.2 Å². The molecule has 0 aliphatic carbocycles. The van der Waals surface area contributed by atoms with Gasteiger partial charge in [-0.3, -0.25) is 4.90 Å². The highest BCUT2D eigenvalue weighted by Gasteiger charge is 2.28. The fraction of sp³-hybridized carbons (Fsp3) is 0.500. The lowest BCUT2D eigenvalue weighted by Crippen LogP contribution is -2.27. The Kier molecular flexibility index (Phi) is 3.21. The minimum absolute atomic E-state index is 0.0941. The molecule has 2 nitrogen and oxygen atoms in total. The van der Waals surface area contributed by atoms with Crippen molar-refractivity contribution in [3.8, 4) is 0 Å². The topological polar surface area (TPSA) is 23.5 Å². The third kappa shape index (κ3) is 2.08. The van der Waals surface area contributed by atoms with Crippen molar-refractivity contribution in [2.75, 3.05) is 13.1 Å². The number of β-amino-alcohol motifs (C(OH)–C–C–N with tert-alkyl or cyclic N) is 1. The van der Waals surface area contributed by atoms with Gasteiger partial charge in [0, 0.05) is 24.7 Å². The number of aliphatic hydroxyl groups is 1. The second-order valence-corrected chi connectivity index (χ2v) is 4.25. The summed E-state index contributed by atoms with van der Waals surface area (Å²) in [5.74, 6) is -1.04. The number of aliphatic hydroxyl groups excluding tert-OH is 1. The van der Waals surface area contributed by atoms with Crippen LogP contribution in [-0.2, 0) is 0 Å². The molecule has 1 heterocycles. The molecule has 0 amide bonds. The number of halogens is 2. The minimum atomic E-state index is -0.520. The van der Waals surface area contributed by atoms with Gasteiger partial charge >= 0.3 is 0 Å². The maximum absolute atomic E-state index is 13.5. The van der Waals surface area contributed by atoms with E-state index in [1.54, 1.807) is 6.92 Å². The summed E-state index contributed by atoms with van der Waals surface area (Å²) in [6, 6.07) is 3.56. The van der Waals surface area contributed by atoms with E-state index >= 15 is 0 Å². The van der Waals surface area contributed by atoms with Crippen LogP contribution in [0.5, 0.6) is 0 Å². The van der Waals surface area contributed by atoms with Gasteiger partial charge in [-0.2, -0.15) is 0 Å². The predicted octanol–water partition coefficient (Wildman–Crippen LogP) is 2.09. The van der Waals surface area contributed by atoms with Crippen molar-refractivity contribution in [1.29, 1.82) is 0 Å². The third-order valence-corrected chi connectivity index (χ3v) is 3.16. The molecule has 0 unspecified atom stereocenters. The maximum Gasteiger partial charge on any atom is 0.130 e. The fourth-order valence-electron chi connectivity index (χ4n) is 2.21. The molecule has 2 atom stereocenters. The van der Waals surface area contributed by atoms with Gasteiger partial charge in [0.05, 0.1) is 6.10 Å². The Bertz CT molecular complexity index is 363. The van der Waals surface area contributed by atoms with Crippen LogP contribution in [0, 0.1) is 11.6 Å². The zero-order valence-corrected chi connectivity index (χ0v) is 9.16. The van der Waals surface area contributed by atoms with Gasteiger partial charge in [-0.05, 0) is 25.5 Å². The average Bonchev–Trinajstić information content (AvgIpc) is 2.64. The first kappa shape index (κ1) is 11.5. The zero-order chi connectivity index (χ0) is 11.7. The van der Waals surface area contributed by atoms with Gasteiger partial charge in [0.25, 0.3) is 0 Å². The van der Waals surface area contributed by atoms with Crippen molar-refractivity contribution in [2.45, 2.75) is 25.5 Å². The van der Waals surface area contributed by atoms with Gasteiger partial charge in [0.2, 0.25) is 0 Å². The molecule has 1 aromatic carbocycles.